The average Bonchev–Trinajstić information content (AvgIpc) is 2.62. The van der Waals surface area contributed by atoms with Gasteiger partial charge >= 0.3 is 0 Å². The van der Waals surface area contributed by atoms with E-state index >= 15 is 0 Å². The van der Waals surface area contributed by atoms with Crippen LogP contribution in [0.3, 0.4) is 0 Å². The molecule has 0 aliphatic carbocycles. The van der Waals surface area contributed by atoms with Crippen LogP contribution in [0.15, 0.2) is 12.5 Å². The van der Waals surface area contributed by atoms with Crippen molar-refractivity contribution < 1.29 is 0 Å². The van der Waals surface area contributed by atoms with Crippen molar-refractivity contribution in [2.24, 2.45) is 7.05 Å². The SMILES string of the molecule is Cc1c(Cl)ncnc1NCc1cnn(C)c1C. The largest absolute Gasteiger partial charge is 0.366 e. The number of nitrogens with zero attached hydrogens (tertiary/aromatic N) is 4. The first kappa shape index (κ1) is 11.9. The minimum Gasteiger partial charge on any atom is -0.366 e. The second kappa shape index (κ2) is 4.71. The predicted octanol–water partition coefficient (Wildman–Crippen LogP) is 2.09. The molecule has 1 N–H and O–H groups in total. The average molecular weight is 252 g/mol. The summed E-state index contributed by atoms with van der Waals surface area (Å²) in [6.45, 7) is 4.60. The van der Waals surface area contributed by atoms with Gasteiger partial charge in [-0.3, -0.25) is 4.68 Å². The van der Waals surface area contributed by atoms with Gasteiger partial charge < -0.3 is 5.32 Å². The van der Waals surface area contributed by atoms with E-state index in [2.05, 4.69) is 20.4 Å². The van der Waals surface area contributed by atoms with Crippen LogP contribution in [-0.4, -0.2) is 19.7 Å². The number of hydrogen-bond acceptors (Lipinski definition) is 4. The van der Waals surface area contributed by atoms with Gasteiger partial charge in [-0.15, -0.1) is 0 Å². The summed E-state index contributed by atoms with van der Waals surface area (Å²) in [5.41, 5.74) is 3.13. The molecule has 0 saturated heterocycles. The van der Waals surface area contributed by atoms with Crippen molar-refractivity contribution in [3.05, 3.63) is 34.5 Å². The molecular weight excluding hydrogens is 238 g/mol. The highest BCUT2D eigenvalue weighted by molar-refractivity contribution is 6.30. The molecule has 0 aliphatic rings. The van der Waals surface area contributed by atoms with E-state index in [1.165, 1.54) is 6.33 Å². The van der Waals surface area contributed by atoms with Crippen LogP contribution in [0.2, 0.25) is 5.15 Å². The Morgan fingerprint density at radius 3 is 2.76 bits per heavy atom. The molecule has 90 valence electrons. The molecule has 0 radical (unpaired) electrons. The molecule has 2 aromatic heterocycles. The molecule has 6 heteroatoms. The van der Waals surface area contributed by atoms with E-state index in [1.807, 2.05) is 31.8 Å². The summed E-state index contributed by atoms with van der Waals surface area (Å²) in [4.78, 5) is 8.07. The molecule has 0 saturated carbocycles. The Hall–Kier alpha value is -1.62. The number of anilines is 1. The molecule has 0 unspecified atom stereocenters. The van der Waals surface area contributed by atoms with Crippen molar-refractivity contribution in [1.82, 2.24) is 19.7 Å². The Morgan fingerprint density at radius 1 is 1.35 bits per heavy atom. The minimum atomic E-state index is 0.477. The fourth-order valence-corrected chi connectivity index (χ4v) is 1.64. The summed E-state index contributed by atoms with van der Waals surface area (Å²) in [5, 5.41) is 7.90. The third-order valence-electron chi connectivity index (χ3n) is 2.81. The molecule has 5 nitrogen and oxygen atoms in total. The molecule has 0 fully saturated rings. The highest BCUT2D eigenvalue weighted by Gasteiger charge is 2.07. The van der Waals surface area contributed by atoms with Gasteiger partial charge in [-0.2, -0.15) is 5.10 Å². The van der Waals surface area contributed by atoms with Crippen LogP contribution in [0.4, 0.5) is 5.82 Å². The van der Waals surface area contributed by atoms with Crippen LogP contribution in [0.25, 0.3) is 0 Å². The van der Waals surface area contributed by atoms with Crippen molar-refractivity contribution in [1.29, 1.82) is 0 Å². The summed E-state index contributed by atoms with van der Waals surface area (Å²) in [6, 6.07) is 0. The Bertz CT molecular complexity index is 535. The Balaban J connectivity index is 2.13. The summed E-state index contributed by atoms with van der Waals surface area (Å²) >= 11 is 5.92. The highest BCUT2D eigenvalue weighted by Crippen LogP contribution is 2.18. The van der Waals surface area contributed by atoms with Crippen LogP contribution in [0, 0.1) is 13.8 Å². The van der Waals surface area contributed by atoms with Gasteiger partial charge in [0.15, 0.2) is 0 Å². The van der Waals surface area contributed by atoms with Gasteiger partial charge in [-0.1, -0.05) is 11.6 Å². The van der Waals surface area contributed by atoms with Crippen molar-refractivity contribution in [2.75, 3.05) is 5.32 Å². The van der Waals surface area contributed by atoms with Gasteiger partial charge in [0.2, 0.25) is 0 Å². The number of halogens is 1. The van der Waals surface area contributed by atoms with E-state index < -0.39 is 0 Å². The lowest BCUT2D eigenvalue weighted by Crippen LogP contribution is -2.05. The van der Waals surface area contributed by atoms with Crippen molar-refractivity contribution in [3.63, 3.8) is 0 Å². The lowest BCUT2D eigenvalue weighted by atomic mass is 10.2. The van der Waals surface area contributed by atoms with E-state index in [-0.39, 0.29) is 0 Å². The molecule has 0 bridgehead atoms. The molecule has 2 heterocycles. The fraction of sp³-hybridized carbons (Fsp3) is 0.364. The monoisotopic (exact) mass is 251 g/mol. The maximum atomic E-state index is 5.92. The maximum Gasteiger partial charge on any atom is 0.137 e. The molecule has 0 amide bonds. The molecule has 0 spiro atoms. The van der Waals surface area contributed by atoms with Crippen LogP contribution in [-0.2, 0) is 13.6 Å². The van der Waals surface area contributed by atoms with Gasteiger partial charge in [-0.05, 0) is 13.8 Å². The zero-order chi connectivity index (χ0) is 12.4. The summed E-state index contributed by atoms with van der Waals surface area (Å²) in [7, 11) is 1.92. The topological polar surface area (TPSA) is 55.6 Å². The Morgan fingerprint density at radius 2 is 2.12 bits per heavy atom. The predicted molar refractivity (Wildman–Crippen MR) is 67.1 cm³/mol. The van der Waals surface area contributed by atoms with Crippen molar-refractivity contribution >= 4 is 17.4 Å². The first-order chi connectivity index (χ1) is 8.09. The second-order valence-corrected chi connectivity index (χ2v) is 4.23. The van der Waals surface area contributed by atoms with E-state index in [9.17, 15) is 0 Å². The fourth-order valence-electron chi connectivity index (χ4n) is 1.50. The van der Waals surface area contributed by atoms with Gasteiger partial charge in [0.25, 0.3) is 0 Å². The lowest BCUT2D eigenvalue weighted by Gasteiger charge is -2.08. The summed E-state index contributed by atoms with van der Waals surface area (Å²) in [6.07, 6.45) is 3.30. The van der Waals surface area contributed by atoms with Crippen LogP contribution in [0.1, 0.15) is 16.8 Å². The standard InChI is InChI=1S/C11H14ClN5/c1-7-10(12)14-6-15-11(7)13-4-9-5-16-17(3)8(9)2/h5-6H,4H2,1-3H3,(H,13,14,15). The minimum absolute atomic E-state index is 0.477. The van der Waals surface area contributed by atoms with Crippen LogP contribution >= 0.6 is 11.6 Å². The molecule has 0 aliphatic heterocycles. The van der Waals surface area contributed by atoms with Crippen LogP contribution < -0.4 is 5.32 Å². The Kier molecular flexibility index (Phi) is 3.28. The number of aromatic nitrogens is 4. The van der Waals surface area contributed by atoms with Gasteiger partial charge in [-0.25, -0.2) is 9.97 Å². The zero-order valence-electron chi connectivity index (χ0n) is 10.0. The summed E-state index contributed by atoms with van der Waals surface area (Å²) < 4.78 is 1.84. The quantitative estimate of drug-likeness (QED) is 0.849. The van der Waals surface area contributed by atoms with E-state index in [1.54, 1.807) is 0 Å². The molecule has 2 rings (SSSR count). The molecule has 0 atom stereocenters. The molecule has 0 aromatic carbocycles. The van der Waals surface area contributed by atoms with Crippen molar-refractivity contribution in [2.45, 2.75) is 20.4 Å². The molecule has 17 heavy (non-hydrogen) atoms. The number of aryl methyl sites for hydroxylation is 1. The third kappa shape index (κ3) is 2.39. The van der Waals surface area contributed by atoms with Gasteiger partial charge in [0.1, 0.15) is 17.3 Å². The lowest BCUT2D eigenvalue weighted by molar-refractivity contribution is 0.738. The van der Waals surface area contributed by atoms with E-state index in [0.29, 0.717) is 11.7 Å². The van der Waals surface area contributed by atoms with E-state index in [0.717, 1.165) is 22.6 Å². The van der Waals surface area contributed by atoms with E-state index in [4.69, 9.17) is 11.6 Å². The normalized spacial score (nSPS) is 10.6. The maximum absolute atomic E-state index is 5.92. The molecule has 2 aromatic rings. The number of hydrogen-bond donors (Lipinski definition) is 1. The number of nitrogens with one attached hydrogen (secondary N) is 1. The van der Waals surface area contributed by atoms with Gasteiger partial charge in [0.05, 0.1) is 6.20 Å². The van der Waals surface area contributed by atoms with Crippen LogP contribution in [0.5, 0.6) is 0 Å². The smallest absolute Gasteiger partial charge is 0.137 e. The first-order valence-corrected chi connectivity index (χ1v) is 5.66. The molecular formula is C11H14ClN5. The zero-order valence-corrected chi connectivity index (χ0v) is 10.8. The summed E-state index contributed by atoms with van der Waals surface area (Å²) in [5.74, 6) is 0.758. The Labute approximate surface area is 105 Å². The van der Waals surface area contributed by atoms with Crippen molar-refractivity contribution in [3.8, 4) is 0 Å². The highest BCUT2D eigenvalue weighted by atomic mass is 35.5. The second-order valence-electron chi connectivity index (χ2n) is 3.87. The number of rotatable bonds is 3. The third-order valence-corrected chi connectivity index (χ3v) is 3.19. The van der Waals surface area contributed by atoms with Gasteiger partial charge in [0, 0.05) is 30.4 Å². The first-order valence-electron chi connectivity index (χ1n) is 5.28.